The van der Waals surface area contributed by atoms with Gasteiger partial charge >= 0.3 is 12.1 Å². The van der Waals surface area contributed by atoms with E-state index >= 15 is 0 Å². The molecular formula is C25H27F3O2. The van der Waals surface area contributed by atoms with Crippen LogP contribution in [0.2, 0.25) is 0 Å². The van der Waals surface area contributed by atoms with Crippen LogP contribution in [-0.4, -0.2) is 19.3 Å². The van der Waals surface area contributed by atoms with Crippen LogP contribution in [0, 0.1) is 11.3 Å². The largest absolute Gasteiger partial charge is 0.465 e. The van der Waals surface area contributed by atoms with Gasteiger partial charge in [-0.3, -0.25) is 0 Å². The molecule has 2 aliphatic rings. The molecule has 0 aliphatic heterocycles. The van der Waals surface area contributed by atoms with E-state index < -0.39 is 11.6 Å². The summed E-state index contributed by atoms with van der Waals surface area (Å²) in [6.45, 7) is 1.38. The van der Waals surface area contributed by atoms with Crippen LogP contribution in [-0.2, 0) is 23.0 Å². The number of aryl methyl sites for hydroxylation is 1. The first-order valence-electron chi connectivity index (χ1n) is 10.5. The molecule has 30 heavy (non-hydrogen) atoms. The second-order valence-corrected chi connectivity index (χ2v) is 9.18. The van der Waals surface area contributed by atoms with Crippen LogP contribution in [0.25, 0.3) is 0 Å². The van der Waals surface area contributed by atoms with Gasteiger partial charge in [-0.2, -0.15) is 13.2 Å². The summed E-state index contributed by atoms with van der Waals surface area (Å²) < 4.78 is 46.4. The molecule has 2 aliphatic carbocycles. The predicted molar refractivity (Wildman–Crippen MR) is 109 cm³/mol. The van der Waals surface area contributed by atoms with Crippen LogP contribution in [0.5, 0.6) is 0 Å². The molecule has 0 unspecified atom stereocenters. The van der Waals surface area contributed by atoms with Crippen molar-refractivity contribution >= 4 is 5.97 Å². The van der Waals surface area contributed by atoms with Gasteiger partial charge in [0.25, 0.3) is 0 Å². The maximum Gasteiger partial charge on any atom is 0.394 e. The van der Waals surface area contributed by atoms with Crippen molar-refractivity contribution in [3.8, 4) is 0 Å². The van der Waals surface area contributed by atoms with Gasteiger partial charge < -0.3 is 4.74 Å². The molecule has 5 heteroatoms. The number of fused-ring (bicyclic) bond motifs is 3. The number of esters is 1. The third-order valence-corrected chi connectivity index (χ3v) is 7.47. The molecule has 0 saturated heterocycles. The first-order chi connectivity index (χ1) is 14.2. The second kappa shape index (κ2) is 7.44. The van der Waals surface area contributed by atoms with Gasteiger partial charge in [-0.05, 0) is 73.3 Å². The van der Waals surface area contributed by atoms with Crippen molar-refractivity contribution in [1.82, 2.24) is 0 Å². The summed E-state index contributed by atoms with van der Waals surface area (Å²) in [6.07, 6.45) is -1.31. The van der Waals surface area contributed by atoms with Crippen LogP contribution in [0.3, 0.4) is 0 Å². The number of halogens is 3. The van der Waals surface area contributed by atoms with Crippen LogP contribution in [0.1, 0.15) is 59.7 Å². The van der Waals surface area contributed by atoms with E-state index in [9.17, 15) is 18.0 Å². The number of benzene rings is 2. The second-order valence-electron chi connectivity index (χ2n) is 9.18. The van der Waals surface area contributed by atoms with E-state index in [4.69, 9.17) is 4.74 Å². The number of alkyl halides is 3. The molecule has 0 bridgehead atoms. The van der Waals surface area contributed by atoms with Gasteiger partial charge in [-0.25, -0.2) is 4.79 Å². The first kappa shape index (κ1) is 21.0. The van der Waals surface area contributed by atoms with Crippen molar-refractivity contribution in [1.29, 1.82) is 0 Å². The molecule has 0 aromatic heterocycles. The summed E-state index contributed by atoms with van der Waals surface area (Å²) in [5.74, 6) is -0.431. The third kappa shape index (κ3) is 3.42. The minimum Gasteiger partial charge on any atom is -0.465 e. The standard InChI is InChI=1S/C25H27F3O2/c1-23(25(26,27)28)12-13-24(15-17-6-4-3-5-7-17)20(16-23)10-8-18-14-19(22(29)30-2)9-11-21(18)24/h3-7,9,11,14,20H,8,10,12-13,15-16H2,1-2H3/t20-,23+,24+/m1/s1. The minimum atomic E-state index is -4.19. The first-order valence-corrected chi connectivity index (χ1v) is 10.5. The van der Waals surface area contributed by atoms with Gasteiger partial charge in [0, 0.05) is 5.41 Å². The highest BCUT2D eigenvalue weighted by Crippen LogP contribution is 2.60. The third-order valence-electron chi connectivity index (χ3n) is 7.47. The summed E-state index contributed by atoms with van der Waals surface area (Å²) in [4.78, 5) is 12.0. The van der Waals surface area contributed by atoms with Crippen molar-refractivity contribution in [2.75, 3.05) is 7.11 Å². The van der Waals surface area contributed by atoms with Gasteiger partial charge in [0.05, 0.1) is 18.1 Å². The van der Waals surface area contributed by atoms with Crippen LogP contribution in [0.4, 0.5) is 13.2 Å². The Labute approximate surface area is 175 Å². The monoisotopic (exact) mass is 416 g/mol. The summed E-state index contributed by atoms with van der Waals surface area (Å²) in [7, 11) is 1.35. The van der Waals surface area contributed by atoms with E-state index in [0.29, 0.717) is 24.8 Å². The molecule has 3 atom stereocenters. The Hall–Kier alpha value is -2.30. The molecule has 0 radical (unpaired) electrons. The number of hydrogen-bond donors (Lipinski definition) is 0. The Balaban J connectivity index is 1.79. The zero-order valence-corrected chi connectivity index (χ0v) is 17.4. The zero-order valence-electron chi connectivity index (χ0n) is 17.4. The fourth-order valence-corrected chi connectivity index (χ4v) is 5.68. The number of hydrogen-bond acceptors (Lipinski definition) is 2. The van der Waals surface area contributed by atoms with Gasteiger partial charge in [0.2, 0.25) is 0 Å². The number of carbonyl (C=O) groups is 1. The molecule has 2 aromatic carbocycles. The van der Waals surface area contributed by atoms with Crippen molar-refractivity contribution in [3.05, 3.63) is 70.8 Å². The summed E-state index contributed by atoms with van der Waals surface area (Å²) in [5.41, 5.74) is 1.85. The SMILES string of the molecule is COC(=O)c1ccc2c(c1)CC[C@@H]1C[C@@](C)(C(F)(F)F)CC[C@@]21Cc1ccccc1. The topological polar surface area (TPSA) is 26.3 Å². The van der Waals surface area contributed by atoms with Crippen LogP contribution >= 0.6 is 0 Å². The number of rotatable bonds is 3. The molecule has 0 amide bonds. The van der Waals surface area contributed by atoms with E-state index in [1.54, 1.807) is 6.07 Å². The van der Waals surface area contributed by atoms with Gasteiger partial charge in [-0.15, -0.1) is 0 Å². The fourth-order valence-electron chi connectivity index (χ4n) is 5.68. The number of methoxy groups -OCH3 is 1. The van der Waals surface area contributed by atoms with Crippen LogP contribution in [0.15, 0.2) is 48.5 Å². The lowest BCUT2D eigenvalue weighted by Gasteiger charge is -2.54. The molecule has 2 aromatic rings. The van der Waals surface area contributed by atoms with Gasteiger partial charge in [0.15, 0.2) is 0 Å². The molecule has 160 valence electrons. The molecule has 1 fully saturated rings. The Morgan fingerprint density at radius 1 is 1.13 bits per heavy atom. The Bertz CT molecular complexity index is 937. The normalized spacial score (nSPS) is 28.4. The Morgan fingerprint density at radius 3 is 2.53 bits per heavy atom. The molecule has 4 rings (SSSR count). The average Bonchev–Trinajstić information content (AvgIpc) is 2.73. The number of ether oxygens (including phenoxy) is 1. The molecule has 0 heterocycles. The van der Waals surface area contributed by atoms with Crippen LogP contribution < -0.4 is 0 Å². The highest BCUT2D eigenvalue weighted by atomic mass is 19.4. The lowest BCUT2D eigenvalue weighted by molar-refractivity contribution is -0.238. The van der Waals surface area contributed by atoms with E-state index in [-0.39, 0.29) is 30.1 Å². The summed E-state index contributed by atoms with van der Waals surface area (Å²) >= 11 is 0. The maximum absolute atomic E-state index is 13.9. The van der Waals surface area contributed by atoms with Gasteiger partial charge in [0.1, 0.15) is 0 Å². The van der Waals surface area contributed by atoms with Crippen molar-refractivity contribution in [2.24, 2.45) is 11.3 Å². The quantitative estimate of drug-likeness (QED) is 0.552. The molecule has 1 saturated carbocycles. The van der Waals surface area contributed by atoms with E-state index in [2.05, 4.69) is 12.1 Å². The lowest BCUT2D eigenvalue weighted by atomic mass is 9.50. The Kier molecular flexibility index (Phi) is 5.19. The minimum absolute atomic E-state index is 0.0467. The maximum atomic E-state index is 13.9. The number of carbonyl (C=O) groups excluding carboxylic acids is 1. The molecule has 0 spiro atoms. The lowest BCUT2D eigenvalue weighted by Crippen LogP contribution is -2.52. The fraction of sp³-hybridized carbons (Fsp3) is 0.480. The highest BCUT2D eigenvalue weighted by molar-refractivity contribution is 5.89. The van der Waals surface area contributed by atoms with Gasteiger partial charge in [-0.1, -0.05) is 43.3 Å². The van der Waals surface area contributed by atoms with Crippen molar-refractivity contribution in [2.45, 2.75) is 57.0 Å². The smallest absolute Gasteiger partial charge is 0.394 e. The summed E-state index contributed by atoms with van der Waals surface area (Å²) in [5, 5.41) is 0. The highest BCUT2D eigenvalue weighted by Gasteiger charge is 2.59. The average molecular weight is 416 g/mol. The van der Waals surface area contributed by atoms with E-state index in [0.717, 1.165) is 23.1 Å². The van der Waals surface area contributed by atoms with Crippen molar-refractivity contribution in [3.63, 3.8) is 0 Å². The molecule has 2 nitrogen and oxygen atoms in total. The molecule has 0 N–H and O–H groups in total. The summed E-state index contributed by atoms with van der Waals surface area (Å²) in [6, 6.07) is 15.6. The Morgan fingerprint density at radius 2 is 1.87 bits per heavy atom. The predicted octanol–water partition coefficient (Wildman–Crippen LogP) is 6.27. The van der Waals surface area contributed by atoms with Crippen molar-refractivity contribution < 1.29 is 22.7 Å². The van der Waals surface area contributed by atoms with E-state index in [1.807, 2.05) is 30.3 Å². The molecular weight excluding hydrogens is 389 g/mol. The zero-order chi connectivity index (χ0) is 21.6. The van der Waals surface area contributed by atoms with E-state index in [1.165, 1.54) is 14.0 Å².